The molecule has 4 nitrogen and oxygen atoms in total. The number of pyridine rings is 1. The summed E-state index contributed by atoms with van der Waals surface area (Å²) < 4.78 is 0. The maximum Gasteiger partial charge on any atom is 0.272 e. The molecule has 20 heavy (non-hydrogen) atoms. The van der Waals surface area contributed by atoms with Crippen LogP contribution in [0.5, 0.6) is 0 Å². The van der Waals surface area contributed by atoms with Gasteiger partial charge in [-0.05, 0) is 25.0 Å². The van der Waals surface area contributed by atoms with Crippen LogP contribution >= 0.6 is 11.6 Å². The number of carbonyl (C=O) groups is 1. The molecule has 1 aromatic heterocycles. The molecule has 0 aliphatic carbocycles. The Morgan fingerprint density at radius 1 is 1.45 bits per heavy atom. The van der Waals surface area contributed by atoms with E-state index in [4.69, 9.17) is 11.6 Å². The maximum absolute atomic E-state index is 12.5. The minimum atomic E-state index is -0.158. The van der Waals surface area contributed by atoms with Gasteiger partial charge in [-0.1, -0.05) is 29.8 Å². The van der Waals surface area contributed by atoms with Crippen LogP contribution in [0.3, 0.4) is 0 Å². The van der Waals surface area contributed by atoms with Crippen LogP contribution in [-0.4, -0.2) is 40.1 Å². The fraction of sp³-hybridized carbons (Fsp3) is 0.333. The van der Waals surface area contributed by atoms with E-state index < -0.39 is 0 Å². The van der Waals surface area contributed by atoms with Gasteiger partial charge in [-0.15, -0.1) is 0 Å². The van der Waals surface area contributed by atoms with E-state index in [9.17, 15) is 9.90 Å². The fourth-order valence-electron chi connectivity index (χ4n) is 2.68. The van der Waals surface area contributed by atoms with Crippen LogP contribution in [0.15, 0.2) is 30.3 Å². The van der Waals surface area contributed by atoms with Gasteiger partial charge >= 0.3 is 0 Å². The van der Waals surface area contributed by atoms with E-state index in [0.717, 1.165) is 18.2 Å². The van der Waals surface area contributed by atoms with Gasteiger partial charge in [0.2, 0.25) is 0 Å². The van der Waals surface area contributed by atoms with Crippen molar-refractivity contribution in [1.29, 1.82) is 0 Å². The van der Waals surface area contributed by atoms with Gasteiger partial charge in [0.15, 0.2) is 0 Å². The molecule has 1 fully saturated rings. The highest BCUT2D eigenvalue weighted by molar-refractivity contribution is 6.35. The third-order valence-electron chi connectivity index (χ3n) is 3.73. The highest BCUT2D eigenvalue weighted by Gasteiger charge is 2.29. The Morgan fingerprint density at radius 3 is 3.05 bits per heavy atom. The number of likely N-dealkylation sites (tertiary alicyclic amines) is 1. The number of aliphatic hydroxyl groups is 1. The van der Waals surface area contributed by atoms with Gasteiger partial charge in [0.05, 0.1) is 23.2 Å². The zero-order valence-electron chi connectivity index (χ0n) is 10.9. The van der Waals surface area contributed by atoms with E-state index in [0.29, 0.717) is 22.8 Å². The Bertz CT molecular complexity index is 659. The second-order valence-electron chi connectivity index (χ2n) is 4.98. The van der Waals surface area contributed by atoms with Gasteiger partial charge in [0.25, 0.3) is 5.91 Å². The van der Waals surface area contributed by atoms with E-state index in [2.05, 4.69) is 4.98 Å². The zero-order valence-corrected chi connectivity index (χ0v) is 11.7. The van der Waals surface area contributed by atoms with E-state index in [-0.39, 0.29) is 18.6 Å². The standard InChI is InChI=1S/C15H15ClN2O2/c16-12-8-14(17-13-6-2-1-5-11(12)13)15(20)18-7-3-4-10(18)9-19/h1-2,5-6,8,10,19H,3-4,7,9H2/t10-/m1/s1. The van der Waals surface area contributed by atoms with Gasteiger partial charge in [-0.2, -0.15) is 0 Å². The fourth-order valence-corrected chi connectivity index (χ4v) is 2.95. The average molecular weight is 291 g/mol. The number of rotatable bonds is 2. The second-order valence-corrected chi connectivity index (χ2v) is 5.39. The van der Waals surface area contributed by atoms with Crippen LogP contribution < -0.4 is 0 Å². The lowest BCUT2D eigenvalue weighted by Crippen LogP contribution is -2.38. The average Bonchev–Trinajstić information content (AvgIpc) is 2.95. The molecule has 0 spiro atoms. The molecule has 0 unspecified atom stereocenters. The molecule has 2 aromatic rings. The molecule has 104 valence electrons. The molecule has 5 heteroatoms. The monoisotopic (exact) mass is 290 g/mol. The molecule has 2 heterocycles. The Hall–Kier alpha value is -1.65. The third-order valence-corrected chi connectivity index (χ3v) is 4.05. The van der Waals surface area contributed by atoms with Crippen LogP contribution in [0.2, 0.25) is 5.02 Å². The van der Waals surface area contributed by atoms with Crippen molar-refractivity contribution in [2.45, 2.75) is 18.9 Å². The number of hydrogen-bond donors (Lipinski definition) is 1. The van der Waals surface area contributed by atoms with Crippen LogP contribution in [0.4, 0.5) is 0 Å². The quantitative estimate of drug-likeness (QED) is 0.924. The minimum Gasteiger partial charge on any atom is -0.394 e. The molecule has 1 amide bonds. The van der Waals surface area contributed by atoms with Crippen molar-refractivity contribution in [2.24, 2.45) is 0 Å². The van der Waals surface area contributed by atoms with E-state index in [1.54, 1.807) is 11.0 Å². The first-order chi connectivity index (χ1) is 9.70. The molecule has 1 aliphatic rings. The number of halogens is 1. The SMILES string of the molecule is O=C(c1cc(Cl)c2ccccc2n1)N1CCC[C@@H]1CO. The summed E-state index contributed by atoms with van der Waals surface area (Å²) in [7, 11) is 0. The highest BCUT2D eigenvalue weighted by atomic mass is 35.5. The normalized spacial score (nSPS) is 18.7. The van der Waals surface area contributed by atoms with Crippen molar-refractivity contribution in [3.05, 3.63) is 41.0 Å². The number of fused-ring (bicyclic) bond motifs is 1. The van der Waals surface area contributed by atoms with Crippen molar-refractivity contribution in [2.75, 3.05) is 13.2 Å². The predicted octanol–water partition coefficient (Wildman–Crippen LogP) is 2.49. The number of benzene rings is 1. The molecule has 1 aromatic carbocycles. The number of para-hydroxylation sites is 1. The molecule has 0 bridgehead atoms. The summed E-state index contributed by atoms with van der Waals surface area (Å²) in [5.74, 6) is -0.158. The van der Waals surface area contributed by atoms with Crippen molar-refractivity contribution < 1.29 is 9.90 Å². The summed E-state index contributed by atoms with van der Waals surface area (Å²) >= 11 is 6.22. The van der Waals surface area contributed by atoms with Crippen LogP contribution in [-0.2, 0) is 0 Å². The smallest absolute Gasteiger partial charge is 0.272 e. The second kappa shape index (κ2) is 5.38. The zero-order chi connectivity index (χ0) is 14.1. The summed E-state index contributed by atoms with van der Waals surface area (Å²) in [5, 5.41) is 10.7. The largest absolute Gasteiger partial charge is 0.394 e. The molecule has 3 rings (SSSR count). The Balaban J connectivity index is 1.99. The van der Waals surface area contributed by atoms with Crippen molar-refractivity contribution in [1.82, 2.24) is 9.88 Å². The van der Waals surface area contributed by atoms with Gasteiger partial charge in [0, 0.05) is 11.9 Å². The van der Waals surface area contributed by atoms with Gasteiger partial charge in [-0.3, -0.25) is 4.79 Å². The lowest BCUT2D eigenvalue weighted by molar-refractivity contribution is 0.0672. The first-order valence-corrected chi connectivity index (χ1v) is 7.05. The topological polar surface area (TPSA) is 53.4 Å². The summed E-state index contributed by atoms with van der Waals surface area (Å²) in [6.07, 6.45) is 1.75. The molecule has 1 aliphatic heterocycles. The first-order valence-electron chi connectivity index (χ1n) is 6.68. The number of hydrogen-bond acceptors (Lipinski definition) is 3. The number of aliphatic hydroxyl groups excluding tert-OH is 1. The number of amides is 1. The van der Waals surface area contributed by atoms with Crippen molar-refractivity contribution in [3.63, 3.8) is 0 Å². The Kier molecular flexibility index (Phi) is 3.59. The van der Waals surface area contributed by atoms with Crippen LogP contribution in [0.1, 0.15) is 23.3 Å². The lowest BCUT2D eigenvalue weighted by atomic mass is 10.2. The van der Waals surface area contributed by atoms with Crippen molar-refractivity contribution in [3.8, 4) is 0 Å². The molecule has 0 radical (unpaired) electrons. The molecule has 0 saturated carbocycles. The molecule has 1 saturated heterocycles. The van der Waals surface area contributed by atoms with Crippen LogP contribution in [0.25, 0.3) is 10.9 Å². The molecular weight excluding hydrogens is 276 g/mol. The molecule has 1 atom stereocenters. The molecular formula is C15H15ClN2O2. The van der Waals surface area contributed by atoms with Crippen LogP contribution in [0, 0.1) is 0 Å². The van der Waals surface area contributed by atoms with Crippen molar-refractivity contribution >= 4 is 28.4 Å². The maximum atomic E-state index is 12.5. The van der Waals surface area contributed by atoms with Gasteiger partial charge in [0.1, 0.15) is 5.69 Å². The Morgan fingerprint density at radius 2 is 2.25 bits per heavy atom. The summed E-state index contributed by atoms with van der Waals surface area (Å²) in [4.78, 5) is 18.6. The summed E-state index contributed by atoms with van der Waals surface area (Å²) in [5.41, 5.74) is 1.05. The summed E-state index contributed by atoms with van der Waals surface area (Å²) in [6.45, 7) is 0.656. The van der Waals surface area contributed by atoms with Gasteiger partial charge < -0.3 is 10.0 Å². The predicted molar refractivity (Wildman–Crippen MR) is 77.9 cm³/mol. The third kappa shape index (κ3) is 2.25. The highest BCUT2D eigenvalue weighted by Crippen LogP contribution is 2.25. The Labute approximate surface area is 122 Å². The summed E-state index contributed by atoms with van der Waals surface area (Å²) in [6, 6.07) is 8.98. The number of nitrogens with zero attached hydrogens (tertiary/aromatic N) is 2. The van der Waals surface area contributed by atoms with E-state index >= 15 is 0 Å². The lowest BCUT2D eigenvalue weighted by Gasteiger charge is -2.22. The number of carbonyl (C=O) groups excluding carboxylic acids is 1. The van der Waals surface area contributed by atoms with E-state index in [1.807, 2.05) is 24.3 Å². The first kappa shape index (κ1) is 13.3. The van der Waals surface area contributed by atoms with E-state index in [1.165, 1.54) is 0 Å². The minimum absolute atomic E-state index is 0.00689. The van der Waals surface area contributed by atoms with Gasteiger partial charge in [-0.25, -0.2) is 4.98 Å². The molecule has 1 N–H and O–H groups in total. The number of aromatic nitrogens is 1.